The van der Waals surface area contributed by atoms with Gasteiger partial charge in [-0.25, -0.2) is 8.78 Å². The average Bonchev–Trinajstić information content (AvgIpc) is 2.71. The number of ether oxygens (including phenoxy) is 1. The van der Waals surface area contributed by atoms with Gasteiger partial charge >= 0.3 is 0 Å². The molecule has 1 aliphatic rings. The van der Waals surface area contributed by atoms with Crippen LogP contribution in [0.5, 0.6) is 5.75 Å². The highest BCUT2D eigenvalue weighted by Gasteiger charge is 2.19. The molecule has 1 atom stereocenters. The van der Waals surface area contributed by atoms with Crippen LogP contribution in [0.4, 0.5) is 8.78 Å². The van der Waals surface area contributed by atoms with Crippen LogP contribution in [0.25, 0.3) is 0 Å². The van der Waals surface area contributed by atoms with E-state index in [1.807, 2.05) is 0 Å². The van der Waals surface area contributed by atoms with E-state index < -0.39 is 6.43 Å². The maximum atomic E-state index is 12.6. The van der Waals surface area contributed by atoms with Gasteiger partial charge in [0.1, 0.15) is 11.9 Å². The van der Waals surface area contributed by atoms with Crippen molar-refractivity contribution >= 4 is 0 Å². The molecule has 1 aromatic carbocycles. The number of benzene rings is 1. The largest absolute Gasteiger partial charge is 0.489 e. The van der Waals surface area contributed by atoms with Gasteiger partial charge in [0, 0.05) is 6.54 Å². The fourth-order valence-electron chi connectivity index (χ4n) is 1.68. The molecule has 15 heavy (non-hydrogen) atoms. The number of para-hydroxylation sites is 1. The zero-order chi connectivity index (χ0) is 10.7. The van der Waals surface area contributed by atoms with Crippen molar-refractivity contribution in [3.8, 4) is 5.75 Å². The molecule has 0 spiro atoms. The number of hydrogen-bond donors (Lipinski definition) is 1. The van der Waals surface area contributed by atoms with E-state index in [9.17, 15) is 8.78 Å². The van der Waals surface area contributed by atoms with Crippen LogP contribution in [-0.2, 0) is 0 Å². The Morgan fingerprint density at radius 1 is 1.33 bits per heavy atom. The number of hydrogen-bond acceptors (Lipinski definition) is 2. The summed E-state index contributed by atoms with van der Waals surface area (Å²) in [5, 5.41) is 3.13. The monoisotopic (exact) mass is 213 g/mol. The molecule has 1 aliphatic heterocycles. The quantitative estimate of drug-likeness (QED) is 0.832. The van der Waals surface area contributed by atoms with Crippen LogP contribution < -0.4 is 10.1 Å². The lowest BCUT2D eigenvalue weighted by Crippen LogP contribution is -2.20. The van der Waals surface area contributed by atoms with Crippen molar-refractivity contribution in [1.29, 1.82) is 0 Å². The molecule has 0 aromatic heterocycles. The lowest BCUT2D eigenvalue weighted by Gasteiger charge is -2.15. The van der Waals surface area contributed by atoms with Gasteiger partial charge in [0.25, 0.3) is 6.43 Å². The summed E-state index contributed by atoms with van der Waals surface area (Å²) in [7, 11) is 0. The molecule has 4 heteroatoms. The van der Waals surface area contributed by atoms with Crippen LogP contribution >= 0.6 is 0 Å². The topological polar surface area (TPSA) is 21.3 Å². The van der Waals surface area contributed by atoms with Crippen molar-refractivity contribution in [3.63, 3.8) is 0 Å². The first-order valence-electron chi connectivity index (χ1n) is 5.02. The fourth-order valence-corrected chi connectivity index (χ4v) is 1.68. The zero-order valence-corrected chi connectivity index (χ0v) is 8.25. The van der Waals surface area contributed by atoms with Crippen molar-refractivity contribution in [2.75, 3.05) is 13.1 Å². The summed E-state index contributed by atoms with van der Waals surface area (Å²) in [6.45, 7) is 1.62. The lowest BCUT2D eigenvalue weighted by atomic mass is 10.2. The van der Waals surface area contributed by atoms with Gasteiger partial charge in [0.2, 0.25) is 0 Å². The molecule has 0 radical (unpaired) electrons. The van der Waals surface area contributed by atoms with Crippen molar-refractivity contribution in [1.82, 2.24) is 5.32 Å². The summed E-state index contributed by atoms with van der Waals surface area (Å²) < 4.78 is 30.7. The summed E-state index contributed by atoms with van der Waals surface area (Å²) >= 11 is 0. The van der Waals surface area contributed by atoms with Gasteiger partial charge in [-0.05, 0) is 25.1 Å². The minimum Gasteiger partial charge on any atom is -0.489 e. The Labute approximate surface area is 87.2 Å². The minimum atomic E-state index is -2.48. The van der Waals surface area contributed by atoms with E-state index in [2.05, 4.69) is 5.32 Å². The smallest absolute Gasteiger partial charge is 0.267 e. The highest BCUT2D eigenvalue weighted by Crippen LogP contribution is 2.29. The molecule has 1 unspecified atom stereocenters. The fraction of sp³-hybridized carbons (Fsp3) is 0.455. The third kappa shape index (κ3) is 2.45. The van der Waals surface area contributed by atoms with Crippen LogP contribution in [0.3, 0.4) is 0 Å². The SMILES string of the molecule is FC(F)c1ccccc1OC1CCNC1. The molecule has 1 fully saturated rings. The molecule has 0 aliphatic carbocycles. The molecule has 1 heterocycles. The van der Waals surface area contributed by atoms with E-state index in [-0.39, 0.29) is 11.7 Å². The van der Waals surface area contributed by atoms with Crippen LogP contribution in [0, 0.1) is 0 Å². The maximum absolute atomic E-state index is 12.6. The summed E-state index contributed by atoms with van der Waals surface area (Å²) in [6.07, 6.45) is -1.59. The maximum Gasteiger partial charge on any atom is 0.267 e. The van der Waals surface area contributed by atoms with Gasteiger partial charge in [-0.1, -0.05) is 12.1 Å². The summed E-state index contributed by atoms with van der Waals surface area (Å²) in [5.41, 5.74) is -0.0237. The molecule has 2 rings (SSSR count). The Bertz CT molecular complexity index is 324. The number of alkyl halides is 2. The van der Waals surface area contributed by atoms with E-state index in [0.29, 0.717) is 5.75 Å². The first-order chi connectivity index (χ1) is 7.27. The summed E-state index contributed by atoms with van der Waals surface area (Å²) in [6, 6.07) is 6.31. The normalized spacial score (nSPS) is 20.9. The molecule has 2 nitrogen and oxygen atoms in total. The Balaban J connectivity index is 2.12. The van der Waals surface area contributed by atoms with Crippen LogP contribution in [-0.4, -0.2) is 19.2 Å². The molecular formula is C11H13F2NO. The van der Waals surface area contributed by atoms with E-state index in [4.69, 9.17) is 4.74 Å². The Morgan fingerprint density at radius 2 is 2.13 bits per heavy atom. The second kappa shape index (κ2) is 4.57. The van der Waals surface area contributed by atoms with Crippen molar-refractivity contribution in [2.45, 2.75) is 19.0 Å². The first-order valence-corrected chi connectivity index (χ1v) is 5.02. The Hall–Kier alpha value is -1.16. The van der Waals surface area contributed by atoms with Crippen molar-refractivity contribution in [2.24, 2.45) is 0 Å². The van der Waals surface area contributed by atoms with Crippen molar-refractivity contribution in [3.05, 3.63) is 29.8 Å². The highest BCUT2D eigenvalue weighted by molar-refractivity contribution is 5.34. The van der Waals surface area contributed by atoms with Crippen LogP contribution in [0.1, 0.15) is 18.4 Å². The van der Waals surface area contributed by atoms with Gasteiger partial charge < -0.3 is 10.1 Å². The van der Waals surface area contributed by atoms with Gasteiger partial charge in [0.15, 0.2) is 0 Å². The molecular weight excluding hydrogens is 200 g/mol. The number of halogens is 2. The zero-order valence-electron chi connectivity index (χ0n) is 8.25. The number of nitrogens with one attached hydrogen (secondary N) is 1. The van der Waals surface area contributed by atoms with E-state index in [1.54, 1.807) is 18.2 Å². The average molecular weight is 213 g/mol. The molecule has 82 valence electrons. The molecule has 1 aromatic rings. The van der Waals surface area contributed by atoms with Gasteiger partial charge in [-0.15, -0.1) is 0 Å². The molecule has 1 N–H and O–H groups in total. The van der Waals surface area contributed by atoms with E-state index >= 15 is 0 Å². The second-order valence-electron chi connectivity index (χ2n) is 3.57. The minimum absolute atomic E-state index is 0.0184. The third-order valence-corrected chi connectivity index (χ3v) is 2.46. The van der Waals surface area contributed by atoms with Gasteiger partial charge in [-0.3, -0.25) is 0 Å². The second-order valence-corrected chi connectivity index (χ2v) is 3.57. The molecule has 0 bridgehead atoms. The molecule has 1 saturated heterocycles. The van der Waals surface area contributed by atoms with Gasteiger partial charge in [0.05, 0.1) is 5.56 Å². The van der Waals surface area contributed by atoms with Crippen LogP contribution in [0.15, 0.2) is 24.3 Å². The van der Waals surface area contributed by atoms with E-state index in [0.717, 1.165) is 19.5 Å². The predicted octanol–water partition coefficient (Wildman–Crippen LogP) is 2.36. The van der Waals surface area contributed by atoms with Crippen LogP contribution in [0.2, 0.25) is 0 Å². The number of rotatable bonds is 3. The summed E-state index contributed by atoms with van der Waals surface area (Å²) in [4.78, 5) is 0. The predicted molar refractivity (Wildman–Crippen MR) is 53.3 cm³/mol. The highest BCUT2D eigenvalue weighted by atomic mass is 19.3. The molecule has 0 saturated carbocycles. The first kappa shape index (κ1) is 10.4. The lowest BCUT2D eigenvalue weighted by molar-refractivity contribution is 0.139. The van der Waals surface area contributed by atoms with E-state index in [1.165, 1.54) is 6.07 Å². The standard InChI is InChI=1S/C11H13F2NO/c12-11(13)9-3-1-2-4-10(9)15-8-5-6-14-7-8/h1-4,8,11,14H,5-7H2. The Kier molecular flexibility index (Phi) is 3.16. The van der Waals surface area contributed by atoms with Gasteiger partial charge in [-0.2, -0.15) is 0 Å². The Morgan fingerprint density at radius 3 is 2.80 bits per heavy atom. The van der Waals surface area contributed by atoms with Crippen molar-refractivity contribution < 1.29 is 13.5 Å². The molecule has 0 amide bonds. The summed E-state index contributed by atoms with van der Waals surface area (Å²) in [5.74, 6) is 0.307. The third-order valence-electron chi connectivity index (χ3n) is 2.46.